The highest BCUT2D eigenvalue weighted by Crippen LogP contribution is 2.19. The molecule has 0 aliphatic rings. The van der Waals surface area contributed by atoms with E-state index in [1.807, 2.05) is 30.3 Å². The lowest BCUT2D eigenvalue weighted by Crippen LogP contribution is -2.18. The molecule has 0 aliphatic heterocycles. The van der Waals surface area contributed by atoms with E-state index < -0.39 is 5.91 Å². The summed E-state index contributed by atoms with van der Waals surface area (Å²) in [4.78, 5) is 23.3. The molecule has 1 aromatic heterocycles. The minimum atomic E-state index is -0.424. The summed E-state index contributed by atoms with van der Waals surface area (Å²) in [7, 11) is 0. The van der Waals surface area contributed by atoms with Crippen molar-refractivity contribution in [3.05, 3.63) is 70.3 Å². The largest absolute Gasteiger partial charge is 0.368 e. The molecule has 2 amide bonds. The normalized spacial score (nSPS) is 11.1. The standard InChI is InChI=1S/C18H15BrN4O2/c19-14-5-3-4-12(8-14)18(25)22-21-9-13-10-23(11-17(20)24)16-7-2-1-6-15(13)16/h1-10H,11H2,(H2,20,24)(H,22,25)/b21-9-. The number of nitrogens with two attached hydrogens (primary N) is 1. The molecule has 7 heteroatoms. The average Bonchev–Trinajstić information content (AvgIpc) is 2.92. The first-order chi connectivity index (χ1) is 12.0. The summed E-state index contributed by atoms with van der Waals surface area (Å²) >= 11 is 3.33. The second-order valence-corrected chi connectivity index (χ2v) is 6.32. The fraction of sp³-hybridized carbons (Fsp3) is 0.0556. The second kappa shape index (κ2) is 7.31. The van der Waals surface area contributed by atoms with Crippen LogP contribution in [0.3, 0.4) is 0 Å². The lowest BCUT2D eigenvalue weighted by molar-refractivity contribution is -0.118. The van der Waals surface area contributed by atoms with Gasteiger partial charge in [0.25, 0.3) is 5.91 Å². The number of amides is 2. The topological polar surface area (TPSA) is 89.5 Å². The molecule has 6 nitrogen and oxygen atoms in total. The quantitative estimate of drug-likeness (QED) is 0.510. The van der Waals surface area contributed by atoms with Crippen LogP contribution in [0.25, 0.3) is 10.9 Å². The number of hydrazone groups is 1. The molecule has 0 bridgehead atoms. The van der Waals surface area contributed by atoms with Gasteiger partial charge < -0.3 is 10.3 Å². The first-order valence-corrected chi connectivity index (χ1v) is 8.29. The van der Waals surface area contributed by atoms with Gasteiger partial charge in [-0.05, 0) is 24.3 Å². The van der Waals surface area contributed by atoms with Crippen LogP contribution in [-0.4, -0.2) is 22.6 Å². The van der Waals surface area contributed by atoms with Crippen LogP contribution in [-0.2, 0) is 11.3 Å². The van der Waals surface area contributed by atoms with Crippen molar-refractivity contribution in [1.82, 2.24) is 9.99 Å². The third-order valence-electron chi connectivity index (χ3n) is 3.60. The molecule has 0 radical (unpaired) electrons. The summed E-state index contributed by atoms with van der Waals surface area (Å²) in [5.41, 5.74) is 9.95. The summed E-state index contributed by atoms with van der Waals surface area (Å²) in [6.45, 7) is 0.0821. The van der Waals surface area contributed by atoms with Gasteiger partial charge in [0.2, 0.25) is 5.91 Å². The minimum Gasteiger partial charge on any atom is -0.368 e. The summed E-state index contributed by atoms with van der Waals surface area (Å²) in [6.07, 6.45) is 3.33. The molecule has 3 aromatic rings. The van der Waals surface area contributed by atoms with Crippen LogP contribution in [0.4, 0.5) is 0 Å². The smallest absolute Gasteiger partial charge is 0.271 e. The lowest BCUT2D eigenvalue weighted by Gasteiger charge is -2.00. The molecular formula is C18H15BrN4O2. The van der Waals surface area contributed by atoms with Crippen molar-refractivity contribution in [3.8, 4) is 0 Å². The highest BCUT2D eigenvalue weighted by Gasteiger charge is 2.08. The number of carbonyl (C=O) groups excluding carboxylic acids is 2. The number of primary amides is 1. The Morgan fingerprint density at radius 3 is 2.76 bits per heavy atom. The molecule has 2 aromatic carbocycles. The fourth-order valence-corrected chi connectivity index (χ4v) is 2.93. The number of fused-ring (bicyclic) bond motifs is 1. The van der Waals surface area contributed by atoms with E-state index in [1.165, 1.54) is 0 Å². The van der Waals surface area contributed by atoms with E-state index in [0.29, 0.717) is 5.56 Å². The fourth-order valence-electron chi connectivity index (χ4n) is 2.53. The average molecular weight is 399 g/mol. The van der Waals surface area contributed by atoms with Crippen LogP contribution in [0.15, 0.2) is 64.3 Å². The van der Waals surface area contributed by atoms with E-state index in [-0.39, 0.29) is 12.5 Å². The number of benzene rings is 2. The molecule has 3 rings (SSSR count). The zero-order valence-electron chi connectivity index (χ0n) is 13.1. The van der Waals surface area contributed by atoms with Gasteiger partial charge in [-0.15, -0.1) is 0 Å². The van der Waals surface area contributed by atoms with Crippen LogP contribution in [0.5, 0.6) is 0 Å². The molecule has 0 aliphatic carbocycles. The van der Waals surface area contributed by atoms with Gasteiger partial charge in [-0.3, -0.25) is 9.59 Å². The summed E-state index contributed by atoms with van der Waals surface area (Å²) in [5.74, 6) is -0.731. The van der Waals surface area contributed by atoms with E-state index in [1.54, 1.807) is 35.2 Å². The van der Waals surface area contributed by atoms with Crippen molar-refractivity contribution in [1.29, 1.82) is 0 Å². The number of halogens is 1. The molecule has 0 fully saturated rings. The number of hydrogen-bond donors (Lipinski definition) is 2. The molecule has 126 valence electrons. The number of para-hydroxylation sites is 1. The molecule has 0 unspecified atom stereocenters. The predicted octanol–water partition coefficient (Wildman–Crippen LogP) is 2.65. The maximum Gasteiger partial charge on any atom is 0.271 e. The van der Waals surface area contributed by atoms with Crippen molar-refractivity contribution in [2.45, 2.75) is 6.54 Å². The third-order valence-corrected chi connectivity index (χ3v) is 4.10. The zero-order chi connectivity index (χ0) is 17.8. The van der Waals surface area contributed by atoms with Crippen molar-refractivity contribution >= 4 is 44.9 Å². The van der Waals surface area contributed by atoms with Crippen molar-refractivity contribution in [2.75, 3.05) is 0 Å². The molecule has 1 heterocycles. The number of nitrogens with zero attached hydrogens (tertiary/aromatic N) is 2. The summed E-state index contributed by atoms with van der Waals surface area (Å²) in [5, 5.41) is 4.94. The monoisotopic (exact) mass is 398 g/mol. The Balaban J connectivity index is 1.81. The Bertz CT molecular complexity index is 978. The predicted molar refractivity (Wildman–Crippen MR) is 100 cm³/mol. The van der Waals surface area contributed by atoms with Gasteiger partial charge in [0.05, 0.1) is 6.21 Å². The van der Waals surface area contributed by atoms with Gasteiger partial charge in [0.15, 0.2) is 0 Å². The second-order valence-electron chi connectivity index (χ2n) is 5.41. The molecule has 0 atom stereocenters. The molecule has 0 spiro atoms. The number of carbonyl (C=O) groups is 2. The van der Waals surface area contributed by atoms with Crippen molar-refractivity contribution in [2.24, 2.45) is 10.8 Å². The number of nitrogens with one attached hydrogen (secondary N) is 1. The van der Waals surface area contributed by atoms with Crippen LogP contribution < -0.4 is 11.2 Å². The first kappa shape index (κ1) is 16.9. The molecule has 0 saturated heterocycles. The van der Waals surface area contributed by atoms with E-state index >= 15 is 0 Å². The van der Waals surface area contributed by atoms with Crippen LogP contribution in [0, 0.1) is 0 Å². The van der Waals surface area contributed by atoms with Gasteiger partial charge in [-0.1, -0.05) is 40.2 Å². The lowest BCUT2D eigenvalue weighted by atomic mass is 10.2. The third kappa shape index (κ3) is 3.95. The Kier molecular flexibility index (Phi) is 4.95. The highest BCUT2D eigenvalue weighted by molar-refractivity contribution is 9.10. The molecule has 3 N–H and O–H groups in total. The van der Waals surface area contributed by atoms with E-state index in [4.69, 9.17) is 5.73 Å². The Morgan fingerprint density at radius 2 is 2.00 bits per heavy atom. The summed E-state index contributed by atoms with van der Waals surface area (Å²) in [6, 6.07) is 14.6. The van der Waals surface area contributed by atoms with Gasteiger partial charge >= 0.3 is 0 Å². The molecular weight excluding hydrogens is 384 g/mol. The van der Waals surface area contributed by atoms with Crippen LogP contribution >= 0.6 is 15.9 Å². The Labute approximate surface area is 152 Å². The van der Waals surface area contributed by atoms with Crippen molar-refractivity contribution in [3.63, 3.8) is 0 Å². The van der Waals surface area contributed by atoms with E-state index in [0.717, 1.165) is 20.9 Å². The first-order valence-electron chi connectivity index (χ1n) is 7.50. The van der Waals surface area contributed by atoms with E-state index in [2.05, 4.69) is 26.5 Å². The molecule has 0 saturated carbocycles. The molecule has 25 heavy (non-hydrogen) atoms. The highest BCUT2D eigenvalue weighted by atomic mass is 79.9. The Morgan fingerprint density at radius 1 is 1.20 bits per heavy atom. The SMILES string of the molecule is NC(=O)Cn1cc(/C=N\NC(=O)c2cccc(Br)c2)c2ccccc21. The number of rotatable bonds is 5. The van der Waals surface area contributed by atoms with Gasteiger partial charge in [-0.25, -0.2) is 5.43 Å². The van der Waals surface area contributed by atoms with Crippen molar-refractivity contribution < 1.29 is 9.59 Å². The zero-order valence-corrected chi connectivity index (χ0v) is 14.7. The van der Waals surface area contributed by atoms with Gasteiger partial charge in [0, 0.05) is 32.7 Å². The van der Waals surface area contributed by atoms with E-state index in [9.17, 15) is 9.59 Å². The van der Waals surface area contributed by atoms with Crippen LogP contribution in [0.2, 0.25) is 0 Å². The number of hydrogen-bond acceptors (Lipinski definition) is 3. The van der Waals surface area contributed by atoms with Gasteiger partial charge in [0.1, 0.15) is 6.54 Å². The maximum atomic E-state index is 12.1. The number of aromatic nitrogens is 1. The van der Waals surface area contributed by atoms with Crippen LogP contribution in [0.1, 0.15) is 15.9 Å². The minimum absolute atomic E-state index is 0.0821. The Hall–Kier alpha value is -2.93. The maximum absolute atomic E-state index is 12.1. The summed E-state index contributed by atoms with van der Waals surface area (Å²) < 4.78 is 2.58. The van der Waals surface area contributed by atoms with Gasteiger partial charge in [-0.2, -0.15) is 5.10 Å².